The molecule has 2 aromatic heterocycles. The lowest BCUT2D eigenvalue weighted by Crippen LogP contribution is -2.25. The second-order valence-corrected chi connectivity index (χ2v) is 12.5. The Labute approximate surface area is 226 Å². The largest absolute Gasteiger partial charge is 0.497 e. The number of pyridine rings is 1. The Balaban J connectivity index is 1.29. The van der Waals surface area contributed by atoms with Crippen molar-refractivity contribution in [3.05, 3.63) is 114 Å². The molecule has 0 saturated heterocycles. The molecule has 0 fully saturated rings. The highest BCUT2D eigenvalue weighted by atomic mass is 32.2. The van der Waals surface area contributed by atoms with E-state index in [4.69, 9.17) is 9.72 Å². The maximum absolute atomic E-state index is 13.2. The summed E-state index contributed by atoms with van der Waals surface area (Å²) >= 11 is 1.58. The summed E-state index contributed by atoms with van der Waals surface area (Å²) in [4.78, 5) is 6.08. The van der Waals surface area contributed by atoms with Gasteiger partial charge < -0.3 is 9.30 Å². The van der Waals surface area contributed by atoms with Crippen LogP contribution in [0.2, 0.25) is 0 Å². The van der Waals surface area contributed by atoms with Gasteiger partial charge in [0.25, 0.3) is 0 Å². The SMILES string of the molecule is COc1ccc2c(c1)c(Sc1cc3c(cn1)CN(S(=O)(=O)c1ccc(C)cc1)C3)cn2Cc1ccccc1. The minimum Gasteiger partial charge on any atom is -0.497 e. The van der Waals surface area contributed by atoms with Crippen LogP contribution in [0.1, 0.15) is 22.3 Å². The van der Waals surface area contributed by atoms with Gasteiger partial charge >= 0.3 is 0 Å². The van der Waals surface area contributed by atoms with Crippen molar-refractivity contribution in [3.8, 4) is 5.75 Å². The third-order valence-corrected chi connectivity index (χ3v) is 9.66. The number of rotatable bonds is 7. The predicted octanol–water partition coefficient (Wildman–Crippen LogP) is 6.26. The van der Waals surface area contributed by atoms with Crippen molar-refractivity contribution >= 4 is 32.7 Å². The summed E-state index contributed by atoms with van der Waals surface area (Å²) in [5.74, 6) is 0.802. The van der Waals surface area contributed by atoms with Crippen molar-refractivity contribution in [3.63, 3.8) is 0 Å². The van der Waals surface area contributed by atoms with Crippen LogP contribution >= 0.6 is 11.8 Å². The van der Waals surface area contributed by atoms with E-state index in [2.05, 4.69) is 47.2 Å². The highest BCUT2D eigenvalue weighted by Crippen LogP contribution is 2.38. The standard InChI is InChI=1S/C30H27N3O3S2/c1-21-8-11-26(12-9-21)38(34,35)33-18-23-14-30(31-16-24(23)19-33)37-29-20-32(17-22-6-4-3-5-7-22)28-13-10-25(36-2)15-27(28)29/h3-16,20H,17-19H2,1-2H3. The maximum Gasteiger partial charge on any atom is 0.243 e. The third kappa shape index (κ3) is 4.71. The molecule has 38 heavy (non-hydrogen) atoms. The monoisotopic (exact) mass is 541 g/mol. The van der Waals surface area contributed by atoms with Crippen LogP contribution in [-0.4, -0.2) is 29.4 Å². The van der Waals surface area contributed by atoms with Crippen LogP contribution < -0.4 is 4.74 Å². The molecule has 3 aromatic carbocycles. The Morgan fingerprint density at radius 2 is 1.71 bits per heavy atom. The van der Waals surface area contributed by atoms with Gasteiger partial charge in [0.1, 0.15) is 10.8 Å². The van der Waals surface area contributed by atoms with E-state index in [1.807, 2.05) is 43.5 Å². The molecule has 0 spiro atoms. The molecule has 0 unspecified atom stereocenters. The number of ether oxygens (including phenoxy) is 1. The zero-order valence-electron chi connectivity index (χ0n) is 21.2. The average Bonchev–Trinajstić information content (AvgIpc) is 3.51. The molecular weight excluding hydrogens is 514 g/mol. The molecule has 0 atom stereocenters. The number of benzene rings is 3. The first kappa shape index (κ1) is 24.7. The van der Waals surface area contributed by atoms with E-state index in [9.17, 15) is 8.42 Å². The zero-order valence-corrected chi connectivity index (χ0v) is 22.8. The summed E-state index contributed by atoms with van der Waals surface area (Å²) in [7, 11) is -1.90. The van der Waals surface area contributed by atoms with Gasteiger partial charge in [0.05, 0.1) is 12.0 Å². The van der Waals surface area contributed by atoms with Gasteiger partial charge in [-0.15, -0.1) is 0 Å². The number of hydrogen-bond acceptors (Lipinski definition) is 5. The quantitative estimate of drug-likeness (QED) is 0.243. The molecule has 192 valence electrons. The Hall–Kier alpha value is -3.59. The molecule has 8 heteroatoms. The number of sulfonamides is 1. The zero-order chi connectivity index (χ0) is 26.3. The lowest BCUT2D eigenvalue weighted by Gasteiger charge is -2.15. The fourth-order valence-corrected chi connectivity index (χ4v) is 7.17. The van der Waals surface area contributed by atoms with Crippen LogP contribution in [0.3, 0.4) is 0 Å². The summed E-state index contributed by atoms with van der Waals surface area (Å²) < 4.78 is 35.7. The summed E-state index contributed by atoms with van der Waals surface area (Å²) in [6.45, 7) is 3.37. The minimum atomic E-state index is -3.58. The average molecular weight is 542 g/mol. The Bertz CT molecular complexity index is 1730. The second kappa shape index (κ2) is 9.94. The van der Waals surface area contributed by atoms with Gasteiger partial charge in [-0.3, -0.25) is 0 Å². The van der Waals surface area contributed by atoms with Gasteiger partial charge in [-0.25, -0.2) is 13.4 Å². The normalized spacial score (nSPS) is 13.6. The number of aromatic nitrogens is 2. The smallest absolute Gasteiger partial charge is 0.243 e. The van der Waals surface area contributed by atoms with E-state index in [1.165, 1.54) is 9.87 Å². The van der Waals surface area contributed by atoms with Crippen molar-refractivity contribution < 1.29 is 13.2 Å². The molecule has 0 bridgehead atoms. The fourth-order valence-electron chi connectivity index (χ4n) is 4.79. The van der Waals surface area contributed by atoms with Gasteiger partial charge in [0.15, 0.2) is 0 Å². The summed E-state index contributed by atoms with van der Waals surface area (Å²) in [5, 5.41) is 1.93. The topological polar surface area (TPSA) is 64.4 Å². The number of nitrogens with zero attached hydrogens (tertiary/aromatic N) is 3. The lowest BCUT2D eigenvalue weighted by molar-refractivity contribution is 0.415. The molecule has 6 rings (SSSR count). The van der Waals surface area contributed by atoms with E-state index >= 15 is 0 Å². The van der Waals surface area contributed by atoms with Gasteiger partial charge in [0.2, 0.25) is 10.0 Å². The van der Waals surface area contributed by atoms with Crippen LogP contribution in [0.4, 0.5) is 0 Å². The predicted molar refractivity (Wildman–Crippen MR) is 150 cm³/mol. The molecule has 6 nitrogen and oxygen atoms in total. The van der Waals surface area contributed by atoms with E-state index in [0.717, 1.165) is 49.8 Å². The fraction of sp³-hybridized carbons (Fsp3) is 0.167. The van der Waals surface area contributed by atoms with Crippen LogP contribution in [0.15, 0.2) is 106 Å². The van der Waals surface area contributed by atoms with Crippen LogP contribution in [0, 0.1) is 6.92 Å². The number of methoxy groups -OCH3 is 1. The van der Waals surface area contributed by atoms with Crippen molar-refractivity contribution in [2.75, 3.05) is 7.11 Å². The molecule has 3 heterocycles. The molecule has 0 N–H and O–H groups in total. The van der Waals surface area contributed by atoms with Crippen molar-refractivity contribution in [1.29, 1.82) is 0 Å². The third-order valence-electron chi connectivity index (χ3n) is 6.87. The van der Waals surface area contributed by atoms with Crippen molar-refractivity contribution in [2.24, 2.45) is 0 Å². The number of hydrogen-bond donors (Lipinski definition) is 0. The van der Waals surface area contributed by atoms with Gasteiger partial charge in [0, 0.05) is 47.8 Å². The number of aryl methyl sites for hydroxylation is 1. The first-order valence-electron chi connectivity index (χ1n) is 12.3. The summed E-state index contributed by atoms with van der Waals surface area (Å²) in [5.41, 5.74) is 5.31. The Kier molecular flexibility index (Phi) is 6.47. The van der Waals surface area contributed by atoms with Crippen LogP contribution in [0.25, 0.3) is 10.9 Å². The highest BCUT2D eigenvalue weighted by molar-refractivity contribution is 7.99. The maximum atomic E-state index is 13.2. The molecule has 0 saturated carbocycles. The van der Waals surface area contributed by atoms with Crippen molar-refractivity contribution in [2.45, 2.75) is 41.4 Å². The Morgan fingerprint density at radius 1 is 0.947 bits per heavy atom. The van der Waals surface area contributed by atoms with E-state index in [1.54, 1.807) is 31.0 Å². The molecule has 0 aliphatic carbocycles. The molecule has 1 aliphatic heterocycles. The molecule has 1 aliphatic rings. The van der Waals surface area contributed by atoms with Crippen LogP contribution in [-0.2, 0) is 29.7 Å². The van der Waals surface area contributed by atoms with Crippen LogP contribution in [0.5, 0.6) is 5.75 Å². The molecule has 0 amide bonds. The highest BCUT2D eigenvalue weighted by Gasteiger charge is 2.31. The molecule has 0 radical (unpaired) electrons. The first-order valence-corrected chi connectivity index (χ1v) is 14.6. The second-order valence-electron chi connectivity index (χ2n) is 9.47. The molecule has 5 aromatic rings. The lowest BCUT2D eigenvalue weighted by atomic mass is 10.2. The van der Waals surface area contributed by atoms with E-state index in [-0.39, 0.29) is 0 Å². The van der Waals surface area contributed by atoms with E-state index < -0.39 is 10.0 Å². The van der Waals surface area contributed by atoms with Gasteiger partial charge in [-0.1, -0.05) is 59.8 Å². The number of fused-ring (bicyclic) bond motifs is 2. The molecular formula is C30H27N3O3S2. The van der Waals surface area contributed by atoms with E-state index in [0.29, 0.717) is 18.0 Å². The van der Waals surface area contributed by atoms with Crippen molar-refractivity contribution in [1.82, 2.24) is 13.9 Å². The summed E-state index contributed by atoms with van der Waals surface area (Å²) in [6.07, 6.45) is 3.97. The summed E-state index contributed by atoms with van der Waals surface area (Å²) in [6, 6.07) is 25.5. The minimum absolute atomic E-state index is 0.318. The first-order chi connectivity index (χ1) is 18.4. The Morgan fingerprint density at radius 3 is 2.47 bits per heavy atom. The van der Waals surface area contributed by atoms with Gasteiger partial charge in [-0.05, 0) is 60.0 Å². The van der Waals surface area contributed by atoms with Gasteiger partial charge in [-0.2, -0.15) is 4.31 Å².